The van der Waals surface area contributed by atoms with Crippen molar-refractivity contribution in [2.75, 3.05) is 5.32 Å². The van der Waals surface area contributed by atoms with Crippen LogP contribution in [0.4, 0.5) is 19.3 Å². The predicted molar refractivity (Wildman–Crippen MR) is 65.0 cm³/mol. The maximum Gasteiger partial charge on any atom is 0.316 e. The number of nitrogens with one attached hydrogen (secondary N) is 1. The number of primary amides is 1. The van der Waals surface area contributed by atoms with Crippen molar-refractivity contribution in [3.8, 4) is 11.1 Å². The summed E-state index contributed by atoms with van der Waals surface area (Å²) in [6, 6.07) is 9.41. The first-order chi connectivity index (χ1) is 8.58. The minimum atomic E-state index is -0.878. The summed E-state index contributed by atoms with van der Waals surface area (Å²) in [6.07, 6.45) is 0. The summed E-state index contributed by atoms with van der Waals surface area (Å²) in [4.78, 5) is 10.8. The lowest BCUT2D eigenvalue weighted by Crippen LogP contribution is -2.20. The molecule has 0 radical (unpaired) electrons. The summed E-state index contributed by atoms with van der Waals surface area (Å²) in [5.41, 5.74) is 5.62. The quantitative estimate of drug-likeness (QED) is 0.842. The number of urea groups is 1. The second-order valence-electron chi connectivity index (χ2n) is 3.67. The third-order valence-electron chi connectivity index (χ3n) is 2.38. The molecule has 0 aliphatic rings. The highest BCUT2D eigenvalue weighted by molar-refractivity contribution is 5.93. The second kappa shape index (κ2) is 4.83. The molecule has 3 nitrogen and oxygen atoms in total. The van der Waals surface area contributed by atoms with Crippen molar-refractivity contribution in [3.63, 3.8) is 0 Å². The number of hydrogen-bond acceptors (Lipinski definition) is 1. The average Bonchev–Trinajstić information content (AvgIpc) is 2.28. The zero-order valence-corrected chi connectivity index (χ0v) is 9.28. The Bertz CT molecular complexity index is 585. The van der Waals surface area contributed by atoms with Gasteiger partial charge in [0.2, 0.25) is 0 Å². The molecule has 2 aromatic carbocycles. The van der Waals surface area contributed by atoms with Crippen molar-refractivity contribution >= 4 is 11.7 Å². The van der Waals surface area contributed by atoms with Crippen molar-refractivity contribution in [2.24, 2.45) is 5.73 Å². The number of amides is 2. The Balaban J connectivity index is 2.61. The highest BCUT2D eigenvalue weighted by Crippen LogP contribution is 2.31. The first kappa shape index (κ1) is 12.0. The molecule has 3 N–H and O–H groups in total. The van der Waals surface area contributed by atoms with Gasteiger partial charge in [0.05, 0.1) is 5.69 Å². The van der Waals surface area contributed by atoms with E-state index in [-0.39, 0.29) is 11.3 Å². The summed E-state index contributed by atoms with van der Waals surface area (Å²) in [5.74, 6) is -1.54. The molecule has 2 rings (SSSR count). The van der Waals surface area contributed by atoms with Crippen LogP contribution >= 0.6 is 0 Å². The Labute approximate surface area is 102 Å². The molecule has 0 spiro atoms. The number of rotatable bonds is 2. The van der Waals surface area contributed by atoms with Crippen molar-refractivity contribution in [2.45, 2.75) is 0 Å². The molecule has 0 aromatic heterocycles. The summed E-state index contributed by atoms with van der Waals surface area (Å²) >= 11 is 0. The van der Waals surface area contributed by atoms with Crippen LogP contribution in [0.1, 0.15) is 0 Å². The molecule has 92 valence electrons. The van der Waals surface area contributed by atoms with E-state index in [0.717, 1.165) is 12.1 Å². The first-order valence-electron chi connectivity index (χ1n) is 5.19. The molecule has 0 fully saturated rings. The van der Waals surface area contributed by atoms with Gasteiger partial charge in [-0.25, -0.2) is 13.6 Å². The topological polar surface area (TPSA) is 55.1 Å². The van der Waals surface area contributed by atoms with Crippen molar-refractivity contribution < 1.29 is 13.6 Å². The Hall–Kier alpha value is -2.43. The zero-order valence-electron chi connectivity index (χ0n) is 9.28. The van der Waals surface area contributed by atoms with Gasteiger partial charge in [-0.15, -0.1) is 0 Å². The minimum absolute atomic E-state index is 0.00574. The Morgan fingerprint density at radius 3 is 2.39 bits per heavy atom. The number of benzene rings is 2. The molecular formula is C13H10F2N2O. The maximum atomic E-state index is 13.8. The Kier molecular flexibility index (Phi) is 3.23. The molecule has 0 bridgehead atoms. The molecular weight excluding hydrogens is 238 g/mol. The molecule has 2 aromatic rings. The Morgan fingerprint density at radius 1 is 1.11 bits per heavy atom. The number of hydrogen-bond donors (Lipinski definition) is 2. The van der Waals surface area contributed by atoms with Gasteiger partial charge in [0.25, 0.3) is 0 Å². The van der Waals surface area contributed by atoms with Gasteiger partial charge in [0.1, 0.15) is 11.6 Å². The molecule has 2 amide bonds. The summed E-state index contributed by atoms with van der Waals surface area (Å²) in [5, 5.41) is 2.21. The van der Waals surface area contributed by atoms with Crippen LogP contribution < -0.4 is 11.1 Å². The van der Waals surface area contributed by atoms with E-state index in [4.69, 9.17) is 5.73 Å². The van der Waals surface area contributed by atoms with E-state index in [9.17, 15) is 13.6 Å². The first-order valence-corrected chi connectivity index (χ1v) is 5.19. The molecule has 18 heavy (non-hydrogen) atoms. The second-order valence-corrected chi connectivity index (χ2v) is 3.67. The van der Waals surface area contributed by atoms with Crippen LogP contribution in [-0.2, 0) is 0 Å². The number of carbonyl (C=O) groups is 1. The van der Waals surface area contributed by atoms with Crippen LogP contribution in [0.3, 0.4) is 0 Å². The monoisotopic (exact) mass is 248 g/mol. The van der Waals surface area contributed by atoms with E-state index in [1.54, 1.807) is 30.3 Å². The Morgan fingerprint density at radius 2 is 1.78 bits per heavy atom. The highest BCUT2D eigenvalue weighted by Gasteiger charge is 2.14. The number of nitrogens with two attached hydrogens (primary N) is 1. The molecule has 0 saturated carbocycles. The van der Waals surface area contributed by atoms with Crippen molar-refractivity contribution in [3.05, 3.63) is 54.1 Å². The average molecular weight is 248 g/mol. The molecule has 0 saturated heterocycles. The number of anilines is 1. The lowest BCUT2D eigenvalue weighted by atomic mass is 10.0. The number of carbonyl (C=O) groups excluding carboxylic acids is 1. The van der Waals surface area contributed by atoms with Crippen molar-refractivity contribution in [1.29, 1.82) is 0 Å². The molecule has 5 heteroatoms. The molecule has 0 atom stereocenters. The van der Waals surface area contributed by atoms with Crippen LogP contribution in [0.15, 0.2) is 42.5 Å². The number of halogens is 2. The van der Waals surface area contributed by atoms with Crippen LogP contribution in [0.25, 0.3) is 11.1 Å². The van der Waals surface area contributed by atoms with E-state index in [0.29, 0.717) is 5.56 Å². The zero-order chi connectivity index (χ0) is 13.1. The molecule has 0 unspecified atom stereocenters. The van der Waals surface area contributed by atoms with E-state index in [2.05, 4.69) is 5.32 Å². The predicted octanol–water partition coefficient (Wildman–Crippen LogP) is 3.12. The van der Waals surface area contributed by atoms with Crippen LogP contribution in [0.2, 0.25) is 0 Å². The molecule has 0 heterocycles. The minimum Gasteiger partial charge on any atom is -0.351 e. The van der Waals surface area contributed by atoms with Gasteiger partial charge in [-0.3, -0.25) is 0 Å². The summed E-state index contributed by atoms with van der Waals surface area (Å²) in [6.45, 7) is 0. The molecule has 0 aliphatic heterocycles. The van der Waals surface area contributed by atoms with Crippen LogP contribution in [0.5, 0.6) is 0 Å². The fourth-order valence-corrected chi connectivity index (χ4v) is 1.70. The van der Waals surface area contributed by atoms with Gasteiger partial charge >= 0.3 is 6.03 Å². The van der Waals surface area contributed by atoms with Gasteiger partial charge in [0.15, 0.2) is 0 Å². The normalized spacial score (nSPS) is 10.1. The van der Waals surface area contributed by atoms with Crippen LogP contribution in [-0.4, -0.2) is 6.03 Å². The van der Waals surface area contributed by atoms with Gasteiger partial charge in [-0.2, -0.15) is 0 Å². The lowest BCUT2D eigenvalue weighted by Gasteiger charge is -2.11. The van der Waals surface area contributed by atoms with Crippen molar-refractivity contribution in [1.82, 2.24) is 0 Å². The molecule has 0 aliphatic carbocycles. The summed E-state index contributed by atoms with van der Waals surface area (Å²) < 4.78 is 27.0. The SMILES string of the molecule is NC(=O)Nc1cc(F)cc(F)c1-c1ccccc1. The third kappa shape index (κ3) is 2.45. The van der Waals surface area contributed by atoms with Gasteiger partial charge in [-0.1, -0.05) is 30.3 Å². The van der Waals surface area contributed by atoms with Gasteiger partial charge < -0.3 is 11.1 Å². The standard InChI is InChI=1S/C13H10F2N2O/c14-9-6-10(15)12(8-4-2-1-3-5-8)11(7-9)17-13(16)18/h1-7H,(H3,16,17,18). The van der Waals surface area contributed by atoms with Crippen LogP contribution in [0, 0.1) is 11.6 Å². The van der Waals surface area contributed by atoms with Gasteiger partial charge in [0, 0.05) is 11.6 Å². The summed E-state index contributed by atoms with van der Waals surface area (Å²) in [7, 11) is 0. The lowest BCUT2D eigenvalue weighted by molar-refractivity contribution is 0.259. The van der Waals surface area contributed by atoms with E-state index in [1.165, 1.54) is 0 Å². The maximum absolute atomic E-state index is 13.8. The smallest absolute Gasteiger partial charge is 0.316 e. The largest absolute Gasteiger partial charge is 0.351 e. The highest BCUT2D eigenvalue weighted by atomic mass is 19.1. The fraction of sp³-hybridized carbons (Fsp3) is 0. The fourth-order valence-electron chi connectivity index (χ4n) is 1.70. The van der Waals surface area contributed by atoms with E-state index >= 15 is 0 Å². The van der Waals surface area contributed by atoms with E-state index in [1.807, 2.05) is 0 Å². The van der Waals surface area contributed by atoms with E-state index < -0.39 is 17.7 Å². The van der Waals surface area contributed by atoms with Gasteiger partial charge in [-0.05, 0) is 11.6 Å². The third-order valence-corrected chi connectivity index (χ3v) is 2.38.